The van der Waals surface area contributed by atoms with E-state index in [1.807, 2.05) is 19.4 Å². The molecule has 0 N–H and O–H groups in total. The van der Waals surface area contributed by atoms with Gasteiger partial charge in [0.15, 0.2) is 0 Å². The second-order valence-electron chi connectivity index (χ2n) is 3.28. The summed E-state index contributed by atoms with van der Waals surface area (Å²) in [4.78, 5) is 0. The van der Waals surface area contributed by atoms with Crippen LogP contribution in [0.3, 0.4) is 0 Å². The van der Waals surface area contributed by atoms with E-state index in [-0.39, 0.29) is 0 Å². The van der Waals surface area contributed by atoms with Crippen molar-refractivity contribution in [3.63, 3.8) is 0 Å². The molecular weight excluding hydrogens is 214 g/mol. The number of rotatable bonds is 3. The number of hydrogen-bond acceptors (Lipinski definition) is 3. The Bertz CT molecular complexity index is 459. The Morgan fingerprint density at radius 3 is 2.80 bits per heavy atom. The highest BCUT2D eigenvalue weighted by molar-refractivity contribution is 6.16. The van der Waals surface area contributed by atoms with E-state index in [0.29, 0.717) is 5.88 Å². The zero-order chi connectivity index (χ0) is 10.8. The summed E-state index contributed by atoms with van der Waals surface area (Å²) in [6, 6.07) is 0. The van der Waals surface area contributed by atoms with Gasteiger partial charge in [0.05, 0.1) is 29.7 Å². The molecule has 2 aromatic heterocycles. The fourth-order valence-electron chi connectivity index (χ4n) is 1.44. The van der Waals surface area contributed by atoms with Gasteiger partial charge >= 0.3 is 0 Å². The Hall–Kier alpha value is -1.36. The number of hydrogen-bond donors (Lipinski definition) is 0. The third-order valence-electron chi connectivity index (χ3n) is 2.14. The molecule has 2 rings (SSSR count). The van der Waals surface area contributed by atoms with Crippen LogP contribution in [0.4, 0.5) is 0 Å². The molecule has 0 atom stereocenters. The predicted octanol–water partition coefficient (Wildman–Crippen LogP) is 1.30. The lowest BCUT2D eigenvalue weighted by molar-refractivity contribution is 0.746. The van der Waals surface area contributed by atoms with Crippen LogP contribution >= 0.6 is 11.6 Å². The molecule has 0 fully saturated rings. The smallest absolute Gasteiger partial charge is 0.107 e. The van der Waals surface area contributed by atoms with Crippen molar-refractivity contribution in [2.45, 2.75) is 19.2 Å². The van der Waals surface area contributed by atoms with Crippen LogP contribution in [-0.4, -0.2) is 24.8 Å². The van der Waals surface area contributed by atoms with E-state index < -0.39 is 0 Å². The normalized spacial score (nSPS) is 10.9. The van der Waals surface area contributed by atoms with Crippen molar-refractivity contribution in [3.05, 3.63) is 23.8 Å². The maximum absolute atomic E-state index is 5.67. The third-order valence-corrected chi connectivity index (χ3v) is 2.42. The van der Waals surface area contributed by atoms with Gasteiger partial charge in [0, 0.05) is 7.05 Å². The van der Waals surface area contributed by atoms with E-state index >= 15 is 0 Å². The zero-order valence-electron chi connectivity index (χ0n) is 8.68. The van der Waals surface area contributed by atoms with E-state index in [4.69, 9.17) is 11.6 Å². The second-order valence-corrected chi connectivity index (χ2v) is 3.54. The number of alkyl halides is 1. The highest BCUT2D eigenvalue weighted by Crippen LogP contribution is 2.12. The summed E-state index contributed by atoms with van der Waals surface area (Å²) in [5.41, 5.74) is 2.73. The van der Waals surface area contributed by atoms with Crippen LogP contribution in [0.2, 0.25) is 0 Å². The van der Waals surface area contributed by atoms with Gasteiger partial charge in [-0.15, -0.1) is 16.7 Å². The molecule has 0 aliphatic rings. The predicted molar refractivity (Wildman–Crippen MR) is 57.1 cm³/mol. The summed E-state index contributed by atoms with van der Waals surface area (Å²) in [5.74, 6) is 0.377. The van der Waals surface area contributed by atoms with Gasteiger partial charge in [0.25, 0.3) is 0 Å². The van der Waals surface area contributed by atoms with Crippen molar-refractivity contribution in [1.29, 1.82) is 0 Å². The lowest BCUT2D eigenvalue weighted by atomic mass is 10.3. The van der Waals surface area contributed by atoms with E-state index in [0.717, 1.165) is 23.5 Å². The standard InChI is InChI=1S/C9H12ClN5/c1-3-8-9(6-14(2)12-8)15-5-7(4-10)11-13-15/h5-6H,3-4H2,1-2H3. The summed E-state index contributed by atoms with van der Waals surface area (Å²) in [5, 5.41) is 12.3. The van der Waals surface area contributed by atoms with E-state index in [1.165, 1.54) is 0 Å². The summed E-state index contributed by atoms with van der Waals surface area (Å²) >= 11 is 5.67. The summed E-state index contributed by atoms with van der Waals surface area (Å²) in [6.45, 7) is 2.06. The van der Waals surface area contributed by atoms with Gasteiger partial charge in [0.1, 0.15) is 5.69 Å². The summed E-state index contributed by atoms with van der Waals surface area (Å²) < 4.78 is 3.49. The zero-order valence-corrected chi connectivity index (χ0v) is 9.44. The van der Waals surface area contributed by atoms with E-state index in [2.05, 4.69) is 22.3 Å². The van der Waals surface area contributed by atoms with Crippen LogP contribution in [0.5, 0.6) is 0 Å². The molecule has 2 aromatic rings. The lowest BCUT2D eigenvalue weighted by Gasteiger charge is -1.96. The molecule has 0 amide bonds. The van der Waals surface area contributed by atoms with Gasteiger partial charge in [-0.2, -0.15) is 5.10 Å². The molecular formula is C9H12ClN5. The van der Waals surface area contributed by atoms with Gasteiger partial charge in [-0.05, 0) is 6.42 Å². The second kappa shape index (κ2) is 4.02. The Balaban J connectivity index is 2.43. The van der Waals surface area contributed by atoms with Crippen LogP contribution in [0, 0.1) is 0 Å². The van der Waals surface area contributed by atoms with Crippen LogP contribution in [0.15, 0.2) is 12.4 Å². The van der Waals surface area contributed by atoms with Crippen LogP contribution in [-0.2, 0) is 19.3 Å². The Morgan fingerprint density at radius 2 is 2.20 bits per heavy atom. The van der Waals surface area contributed by atoms with Gasteiger partial charge in [-0.3, -0.25) is 4.68 Å². The average molecular weight is 226 g/mol. The third kappa shape index (κ3) is 1.87. The molecule has 80 valence electrons. The minimum Gasteiger partial charge on any atom is -0.273 e. The first kappa shape index (κ1) is 10.2. The molecule has 0 bridgehead atoms. The fraction of sp³-hybridized carbons (Fsp3) is 0.444. The number of aromatic nitrogens is 5. The topological polar surface area (TPSA) is 48.5 Å². The molecule has 15 heavy (non-hydrogen) atoms. The molecule has 2 heterocycles. The Morgan fingerprint density at radius 1 is 1.40 bits per heavy atom. The minimum absolute atomic E-state index is 0.377. The van der Waals surface area contributed by atoms with Crippen LogP contribution in [0.1, 0.15) is 18.3 Å². The Kier molecular flexibility index (Phi) is 2.73. The number of aryl methyl sites for hydroxylation is 2. The van der Waals surface area contributed by atoms with Crippen molar-refractivity contribution in [2.24, 2.45) is 7.05 Å². The van der Waals surface area contributed by atoms with Gasteiger partial charge < -0.3 is 0 Å². The molecule has 0 aliphatic carbocycles. The number of nitrogens with zero attached hydrogens (tertiary/aromatic N) is 5. The van der Waals surface area contributed by atoms with Crippen molar-refractivity contribution in [2.75, 3.05) is 0 Å². The Labute approximate surface area is 92.7 Å². The first-order valence-electron chi connectivity index (χ1n) is 4.74. The molecule has 0 saturated heterocycles. The fourth-order valence-corrected chi connectivity index (χ4v) is 1.57. The van der Waals surface area contributed by atoms with E-state index in [9.17, 15) is 0 Å². The van der Waals surface area contributed by atoms with Crippen molar-refractivity contribution >= 4 is 11.6 Å². The highest BCUT2D eigenvalue weighted by Gasteiger charge is 2.09. The molecule has 5 nitrogen and oxygen atoms in total. The number of halogens is 1. The van der Waals surface area contributed by atoms with Crippen LogP contribution in [0.25, 0.3) is 5.69 Å². The SMILES string of the molecule is CCc1nn(C)cc1-n1cc(CCl)nn1. The largest absolute Gasteiger partial charge is 0.273 e. The molecule has 6 heteroatoms. The maximum atomic E-state index is 5.67. The van der Waals surface area contributed by atoms with Crippen molar-refractivity contribution in [3.8, 4) is 5.69 Å². The van der Waals surface area contributed by atoms with Gasteiger partial charge in [0.2, 0.25) is 0 Å². The summed E-state index contributed by atoms with van der Waals surface area (Å²) in [7, 11) is 1.89. The first-order chi connectivity index (χ1) is 7.24. The van der Waals surface area contributed by atoms with E-state index in [1.54, 1.807) is 9.36 Å². The van der Waals surface area contributed by atoms with Gasteiger partial charge in [-0.1, -0.05) is 12.1 Å². The van der Waals surface area contributed by atoms with Crippen molar-refractivity contribution in [1.82, 2.24) is 24.8 Å². The quantitative estimate of drug-likeness (QED) is 0.740. The molecule has 0 spiro atoms. The lowest BCUT2D eigenvalue weighted by Crippen LogP contribution is -1.97. The average Bonchev–Trinajstić information content (AvgIpc) is 2.82. The molecule has 0 aromatic carbocycles. The molecule has 0 unspecified atom stereocenters. The highest BCUT2D eigenvalue weighted by atomic mass is 35.5. The minimum atomic E-state index is 0.377. The van der Waals surface area contributed by atoms with Gasteiger partial charge in [-0.25, -0.2) is 4.68 Å². The first-order valence-corrected chi connectivity index (χ1v) is 5.28. The molecule has 0 saturated carbocycles. The van der Waals surface area contributed by atoms with Crippen molar-refractivity contribution < 1.29 is 0 Å². The van der Waals surface area contributed by atoms with Crippen LogP contribution < -0.4 is 0 Å². The summed E-state index contributed by atoms with van der Waals surface area (Å²) in [6.07, 6.45) is 4.61. The molecule has 0 radical (unpaired) electrons. The molecule has 0 aliphatic heterocycles. The maximum Gasteiger partial charge on any atom is 0.107 e. The monoisotopic (exact) mass is 225 g/mol.